The Kier molecular flexibility index (Phi) is 5.59. The van der Waals surface area contributed by atoms with Crippen LogP contribution in [0.1, 0.15) is 19.3 Å². The quantitative estimate of drug-likeness (QED) is 0.426. The molecule has 0 bridgehead atoms. The molecule has 7 heteroatoms. The van der Waals surface area contributed by atoms with Crippen molar-refractivity contribution in [2.24, 2.45) is 0 Å². The van der Waals surface area contributed by atoms with Crippen molar-refractivity contribution in [3.05, 3.63) is 28.3 Å². The highest BCUT2D eigenvalue weighted by atomic mass is 16.6. The van der Waals surface area contributed by atoms with Crippen molar-refractivity contribution in [1.29, 1.82) is 0 Å². The van der Waals surface area contributed by atoms with Gasteiger partial charge in [0.05, 0.1) is 23.8 Å². The van der Waals surface area contributed by atoms with E-state index in [4.69, 9.17) is 9.84 Å². The first-order valence-electron chi connectivity index (χ1n) is 5.82. The summed E-state index contributed by atoms with van der Waals surface area (Å²) in [6, 6.07) is 4.32. The minimum absolute atomic E-state index is 0.0340. The molecule has 104 valence electrons. The Hall–Kier alpha value is -2.31. The Morgan fingerprint density at radius 3 is 2.79 bits per heavy atom. The standard InChI is InChI=1S/C12H16N2O5/c1-19-11-8-9(14(17)18)5-6-10(11)13-7-3-2-4-12(15)16/h5-6,8,13H,2-4,7H2,1H3,(H,15,16). The predicted molar refractivity (Wildman–Crippen MR) is 69.6 cm³/mol. The predicted octanol–water partition coefficient (Wildman–Crippen LogP) is 2.27. The van der Waals surface area contributed by atoms with Crippen LogP contribution in [0.3, 0.4) is 0 Å². The number of unbranched alkanes of at least 4 members (excludes halogenated alkanes) is 1. The van der Waals surface area contributed by atoms with E-state index >= 15 is 0 Å². The molecule has 0 aromatic heterocycles. The van der Waals surface area contributed by atoms with Crippen LogP contribution in [-0.4, -0.2) is 29.7 Å². The van der Waals surface area contributed by atoms with Gasteiger partial charge in [0.1, 0.15) is 5.75 Å². The van der Waals surface area contributed by atoms with Crippen LogP contribution < -0.4 is 10.1 Å². The molecule has 1 aromatic rings. The number of anilines is 1. The molecule has 0 amide bonds. The van der Waals surface area contributed by atoms with E-state index in [9.17, 15) is 14.9 Å². The number of nitro groups is 1. The van der Waals surface area contributed by atoms with Crippen LogP contribution in [0, 0.1) is 10.1 Å². The van der Waals surface area contributed by atoms with E-state index in [1.165, 1.54) is 19.2 Å². The van der Waals surface area contributed by atoms with E-state index in [0.717, 1.165) is 0 Å². The third kappa shape index (κ3) is 4.82. The molecule has 0 aliphatic rings. The van der Waals surface area contributed by atoms with E-state index in [0.29, 0.717) is 30.8 Å². The van der Waals surface area contributed by atoms with Gasteiger partial charge in [0.2, 0.25) is 0 Å². The second-order valence-electron chi connectivity index (χ2n) is 3.92. The van der Waals surface area contributed by atoms with E-state index < -0.39 is 10.9 Å². The highest BCUT2D eigenvalue weighted by molar-refractivity contribution is 5.66. The number of non-ortho nitro benzene ring substituents is 1. The summed E-state index contributed by atoms with van der Waals surface area (Å²) in [4.78, 5) is 20.5. The number of carboxylic acids is 1. The zero-order valence-corrected chi connectivity index (χ0v) is 10.6. The fraction of sp³-hybridized carbons (Fsp3) is 0.417. The minimum atomic E-state index is -0.812. The number of carboxylic acid groups (broad SMARTS) is 1. The summed E-state index contributed by atoms with van der Waals surface area (Å²) < 4.78 is 5.07. The summed E-state index contributed by atoms with van der Waals surface area (Å²) in [5, 5.41) is 22.2. The summed E-state index contributed by atoms with van der Waals surface area (Å²) in [6.45, 7) is 0.585. The van der Waals surface area contributed by atoms with E-state index in [2.05, 4.69) is 5.32 Å². The van der Waals surface area contributed by atoms with Crippen LogP contribution in [0.15, 0.2) is 18.2 Å². The van der Waals surface area contributed by atoms with Gasteiger partial charge in [-0.25, -0.2) is 0 Å². The maximum absolute atomic E-state index is 10.6. The number of aliphatic carboxylic acids is 1. The van der Waals surface area contributed by atoms with Gasteiger partial charge in [0.15, 0.2) is 0 Å². The Balaban J connectivity index is 2.53. The smallest absolute Gasteiger partial charge is 0.303 e. The number of rotatable bonds is 8. The number of benzene rings is 1. The number of ether oxygens (including phenoxy) is 1. The normalized spacial score (nSPS) is 9.95. The maximum atomic E-state index is 10.6. The fourth-order valence-corrected chi connectivity index (χ4v) is 1.56. The van der Waals surface area contributed by atoms with Crippen molar-refractivity contribution in [2.75, 3.05) is 19.0 Å². The van der Waals surface area contributed by atoms with Crippen LogP contribution in [-0.2, 0) is 4.79 Å². The molecule has 0 fully saturated rings. The second-order valence-corrected chi connectivity index (χ2v) is 3.92. The zero-order valence-electron chi connectivity index (χ0n) is 10.6. The van der Waals surface area contributed by atoms with E-state index in [1.807, 2.05) is 0 Å². The number of hydrogen-bond donors (Lipinski definition) is 2. The topological polar surface area (TPSA) is 102 Å². The van der Waals surface area contributed by atoms with Crippen LogP contribution in [0.2, 0.25) is 0 Å². The lowest BCUT2D eigenvalue weighted by Gasteiger charge is -2.10. The molecule has 0 unspecified atom stereocenters. The lowest BCUT2D eigenvalue weighted by molar-refractivity contribution is -0.384. The summed E-state index contributed by atoms with van der Waals surface area (Å²) in [6.07, 6.45) is 1.42. The fourth-order valence-electron chi connectivity index (χ4n) is 1.56. The molecular weight excluding hydrogens is 252 g/mol. The third-order valence-corrected chi connectivity index (χ3v) is 2.53. The number of nitrogens with one attached hydrogen (secondary N) is 1. The van der Waals surface area contributed by atoms with Crippen LogP contribution in [0.4, 0.5) is 11.4 Å². The average Bonchev–Trinajstić information content (AvgIpc) is 2.37. The van der Waals surface area contributed by atoms with Gasteiger partial charge < -0.3 is 15.2 Å². The van der Waals surface area contributed by atoms with Crippen LogP contribution in [0.5, 0.6) is 5.75 Å². The van der Waals surface area contributed by atoms with Crippen molar-refractivity contribution in [1.82, 2.24) is 0 Å². The van der Waals surface area contributed by atoms with Crippen molar-refractivity contribution in [3.63, 3.8) is 0 Å². The van der Waals surface area contributed by atoms with E-state index in [1.54, 1.807) is 6.07 Å². The molecule has 0 radical (unpaired) electrons. The van der Waals surface area contributed by atoms with E-state index in [-0.39, 0.29) is 12.1 Å². The summed E-state index contributed by atoms with van der Waals surface area (Å²) in [5.41, 5.74) is 0.622. The Bertz CT molecular complexity index is 461. The van der Waals surface area contributed by atoms with Gasteiger partial charge in [0, 0.05) is 19.0 Å². The Morgan fingerprint density at radius 1 is 1.47 bits per heavy atom. The largest absolute Gasteiger partial charge is 0.494 e. The highest BCUT2D eigenvalue weighted by Gasteiger charge is 2.10. The number of methoxy groups -OCH3 is 1. The highest BCUT2D eigenvalue weighted by Crippen LogP contribution is 2.28. The summed E-state index contributed by atoms with van der Waals surface area (Å²) in [7, 11) is 1.44. The van der Waals surface area contributed by atoms with Gasteiger partial charge in [-0.1, -0.05) is 0 Å². The lowest BCUT2D eigenvalue weighted by atomic mass is 10.2. The Morgan fingerprint density at radius 2 is 2.21 bits per heavy atom. The summed E-state index contributed by atoms with van der Waals surface area (Å²) >= 11 is 0. The SMILES string of the molecule is COc1cc([N+](=O)[O-])ccc1NCCCCC(=O)O. The molecule has 0 aliphatic carbocycles. The molecule has 0 saturated heterocycles. The number of hydrogen-bond acceptors (Lipinski definition) is 5. The van der Waals surface area contributed by atoms with Crippen molar-refractivity contribution in [2.45, 2.75) is 19.3 Å². The van der Waals surface area contributed by atoms with Crippen LogP contribution in [0.25, 0.3) is 0 Å². The van der Waals surface area contributed by atoms with Gasteiger partial charge in [-0.05, 0) is 18.9 Å². The first-order chi connectivity index (χ1) is 9.04. The molecule has 0 spiro atoms. The summed E-state index contributed by atoms with van der Waals surface area (Å²) in [5.74, 6) is -0.416. The second kappa shape index (κ2) is 7.20. The maximum Gasteiger partial charge on any atom is 0.303 e. The van der Waals surface area contributed by atoms with Gasteiger partial charge in [-0.3, -0.25) is 14.9 Å². The lowest BCUT2D eigenvalue weighted by Crippen LogP contribution is -2.04. The molecule has 0 heterocycles. The number of carbonyl (C=O) groups is 1. The first kappa shape index (κ1) is 14.7. The van der Waals surface area contributed by atoms with Gasteiger partial charge in [-0.15, -0.1) is 0 Å². The minimum Gasteiger partial charge on any atom is -0.494 e. The molecule has 19 heavy (non-hydrogen) atoms. The van der Waals surface area contributed by atoms with Gasteiger partial charge in [0.25, 0.3) is 5.69 Å². The molecule has 1 aromatic carbocycles. The third-order valence-electron chi connectivity index (χ3n) is 2.53. The molecule has 0 atom stereocenters. The molecular formula is C12H16N2O5. The molecule has 0 aliphatic heterocycles. The van der Waals surface area contributed by atoms with Gasteiger partial charge in [-0.2, -0.15) is 0 Å². The van der Waals surface area contributed by atoms with Gasteiger partial charge >= 0.3 is 5.97 Å². The monoisotopic (exact) mass is 268 g/mol. The number of nitro benzene ring substituents is 1. The molecule has 1 rings (SSSR count). The average molecular weight is 268 g/mol. The Labute approximate surface area is 110 Å². The molecule has 0 saturated carbocycles. The van der Waals surface area contributed by atoms with Crippen molar-refractivity contribution < 1.29 is 19.6 Å². The first-order valence-corrected chi connectivity index (χ1v) is 5.82. The molecule has 7 nitrogen and oxygen atoms in total. The van der Waals surface area contributed by atoms with Crippen molar-refractivity contribution >= 4 is 17.3 Å². The van der Waals surface area contributed by atoms with Crippen molar-refractivity contribution in [3.8, 4) is 5.75 Å². The van der Waals surface area contributed by atoms with Crippen LogP contribution >= 0.6 is 0 Å². The number of nitrogens with zero attached hydrogens (tertiary/aromatic N) is 1. The zero-order chi connectivity index (χ0) is 14.3. The molecule has 2 N–H and O–H groups in total.